The molecule has 3 aromatic rings. The number of sulfonamides is 1. The van der Waals surface area contributed by atoms with Gasteiger partial charge in [-0.25, -0.2) is 8.42 Å². The first-order chi connectivity index (χ1) is 13.4. The highest BCUT2D eigenvalue weighted by Gasteiger charge is 2.33. The molecule has 28 heavy (non-hydrogen) atoms. The molecular formula is C20H22N4O3S. The van der Waals surface area contributed by atoms with Crippen molar-refractivity contribution in [3.63, 3.8) is 0 Å². The van der Waals surface area contributed by atoms with Crippen LogP contribution in [0.1, 0.15) is 35.8 Å². The van der Waals surface area contributed by atoms with Gasteiger partial charge in [-0.1, -0.05) is 11.2 Å². The van der Waals surface area contributed by atoms with E-state index in [0.717, 1.165) is 29.5 Å². The fraction of sp³-hybridized carbons (Fsp3) is 0.350. The van der Waals surface area contributed by atoms with Gasteiger partial charge in [0.25, 0.3) is 0 Å². The molecule has 0 amide bonds. The molecule has 1 aromatic carbocycles. The van der Waals surface area contributed by atoms with E-state index in [0.29, 0.717) is 29.7 Å². The number of hydrogen-bond donors (Lipinski definition) is 0. The predicted octanol–water partition coefficient (Wildman–Crippen LogP) is 3.32. The molecule has 3 heterocycles. The Morgan fingerprint density at radius 3 is 2.79 bits per heavy atom. The van der Waals surface area contributed by atoms with Crippen molar-refractivity contribution in [2.24, 2.45) is 0 Å². The summed E-state index contributed by atoms with van der Waals surface area (Å²) in [5.74, 6) is 0.823. The Labute approximate surface area is 164 Å². The van der Waals surface area contributed by atoms with Gasteiger partial charge in [0.05, 0.1) is 10.8 Å². The minimum absolute atomic E-state index is 0.118. The van der Waals surface area contributed by atoms with Crippen LogP contribution in [0.15, 0.2) is 52.1 Å². The lowest BCUT2D eigenvalue weighted by Gasteiger charge is -2.30. The Morgan fingerprint density at radius 2 is 2.04 bits per heavy atom. The maximum absolute atomic E-state index is 13.1. The molecule has 8 heteroatoms. The maximum atomic E-state index is 13.1. The summed E-state index contributed by atoms with van der Waals surface area (Å²) < 4.78 is 33.2. The molecule has 1 aliphatic rings. The van der Waals surface area contributed by atoms with Crippen molar-refractivity contribution in [2.45, 2.75) is 37.5 Å². The van der Waals surface area contributed by atoms with E-state index in [1.54, 1.807) is 24.5 Å². The van der Waals surface area contributed by atoms with Gasteiger partial charge in [0.15, 0.2) is 0 Å². The zero-order valence-electron chi connectivity index (χ0n) is 15.9. The standard InChI is InChI=1S/C20H22N4O3S/c1-14-7-8-18(11-15(14)2)28(25,26)24-10-4-6-17(13-24)20-22-19(23-27-20)16-5-3-9-21-12-16/h3,5,7-9,11-12,17H,4,6,10,13H2,1-2H3. The molecule has 7 nitrogen and oxygen atoms in total. The minimum atomic E-state index is -3.55. The third kappa shape index (κ3) is 3.57. The molecule has 0 spiro atoms. The normalized spacial score (nSPS) is 18.3. The summed E-state index contributed by atoms with van der Waals surface area (Å²) in [6.07, 6.45) is 4.92. The third-order valence-corrected chi connectivity index (χ3v) is 7.07. The third-order valence-electron chi connectivity index (χ3n) is 5.21. The van der Waals surface area contributed by atoms with Crippen LogP contribution >= 0.6 is 0 Å². The lowest BCUT2D eigenvalue weighted by Crippen LogP contribution is -2.39. The van der Waals surface area contributed by atoms with Crippen molar-refractivity contribution in [3.05, 3.63) is 59.7 Å². The van der Waals surface area contributed by atoms with E-state index in [1.807, 2.05) is 32.0 Å². The quantitative estimate of drug-likeness (QED) is 0.670. The average molecular weight is 398 g/mol. The lowest BCUT2D eigenvalue weighted by molar-refractivity contribution is 0.265. The Hall–Kier alpha value is -2.58. The monoisotopic (exact) mass is 398 g/mol. The molecule has 1 atom stereocenters. The van der Waals surface area contributed by atoms with E-state index in [9.17, 15) is 8.42 Å². The fourth-order valence-corrected chi connectivity index (χ4v) is 5.01. The molecule has 0 aliphatic carbocycles. The highest BCUT2D eigenvalue weighted by molar-refractivity contribution is 7.89. The molecule has 0 saturated carbocycles. The van der Waals surface area contributed by atoms with Gasteiger partial charge < -0.3 is 4.52 Å². The van der Waals surface area contributed by atoms with Crippen LogP contribution in [-0.4, -0.2) is 40.9 Å². The second-order valence-electron chi connectivity index (χ2n) is 7.15. The van der Waals surface area contributed by atoms with E-state index < -0.39 is 10.0 Å². The van der Waals surface area contributed by atoms with E-state index in [1.165, 1.54) is 4.31 Å². The Balaban J connectivity index is 1.56. The number of aryl methyl sites for hydroxylation is 2. The molecular weight excluding hydrogens is 376 g/mol. The summed E-state index contributed by atoms with van der Waals surface area (Å²) >= 11 is 0. The van der Waals surface area contributed by atoms with E-state index in [2.05, 4.69) is 15.1 Å². The molecule has 4 rings (SSSR count). The SMILES string of the molecule is Cc1ccc(S(=O)(=O)N2CCCC(c3nc(-c4cccnc4)no3)C2)cc1C. The highest BCUT2D eigenvalue weighted by Crippen LogP contribution is 2.31. The van der Waals surface area contributed by atoms with Crippen LogP contribution in [0.4, 0.5) is 0 Å². The molecule has 1 fully saturated rings. The van der Waals surface area contributed by atoms with Crippen molar-refractivity contribution in [1.29, 1.82) is 0 Å². The maximum Gasteiger partial charge on any atom is 0.243 e. The van der Waals surface area contributed by atoms with Gasteiger partial charge >= 0.3 is 0 Å². The molecule has 0 radical (unpaired) electrons. The fourth-order valence-electron chi connectivity index (χ4n) is 3.40. The van der Waals surface area contributed by atoms with Crippen LogP contribution in [0, 0.1) is 13.8 Å². The molecule has 0 bridgehead atoms. The number of piperidine rings is 1. The van der Waals surface area contributed by atoms with Gasteiger partial charge in [0.1, 0.15) is 0 Å². The number of nitrogens with zero attached hydrogens (tertiary/aromatic N) is 4. The van der Waals surface area contributed by atoms with Gasteiger partial charge in [0, 0.05) is 31.0 Å². The van der Waals surface area contributed by atoms with Gasteiger partial charge in [-0.2, -0.15) is 9.29 Å². The van der Waals surface area contributed by atoms with Gasteiger partial charge in [0.2, 0.25) is 21.7 Å². The predicted molar refractivity (Wildman–Crippen MR) is 104 cm³/mol. The average Bonchev–Trinajstić information content (AvgIpc) is 3.21. The highest BCUT2D eigenvalue weighted by atomic mass is 32.2. The summed E-state index contributed by atoms with van der Waals surface area (Å²) in [7, 11) is -3.55. The minimum Gasteiger partial charge on any atom is -0.339 e. The van der Waals surface area contributed by atoms with Crippen LogP contribution in [0.5, 0.6) is 0 Å². The number of pyridine rings is 1. The second kappa shape index (κ2) is 7.44. The Kier molecular flexibility index (Phi) is 4.99. The zero-order valence-corrected chi connectivity index (χ0v) is 16.7. The van der Waals surface area contributed by atoms with Gasteiger partial charge in [-0.15, -0.1) is 0 Å². The lowest BCUT2D eigenvalue weighted by atomic mass is 10.00. The van der Waals surface area contributed by atoms with Crippen LogP contribution in [0.2, 0.25) is 0 Å². The Bertz CT molecular complexity index is 1080. The van der Waals surface area contributed by atoms with Crippen LogP contribution in [-0.2, 0) is 10.0 Å². The summed E-state index contributed by atoms with van der Waals surface area (Å²) in [5, 5.41) is 4.03. The summed E-state index contributed by atoms with van der Waals surface area (Å²) in [4.78, 5) is 8.88. The molecule has 0 N–H and O–H groups in total. The Morgan fingerprint density at radius 1 is 1.18 bits per heavy atom. The largest absolute Gasteiger partial charge is 0.339 e. The number of hydrogen-bond acceptors (Lipinski definition) is 6. The number of benzene rings is 1. The number of aromatic nitrogens is 3. The van der Waals surface area contributed by atoms with Gasteiger partial charge in [-0.3, -0.25) is 4.98 Å². The molecule has 1 unspecified atom stereocenters. The van der Waals surface area contributed by atoms with E-state index in [-0.39, 0.29) is 5.92 Å². The molecule has 2 aromatic heterocycles. The number of rotatable bonds is 4. The van der Waals surface area contributed by atoms with Crippen molar-refractivity contribution in [2.75, 3.05) is 13.1 Å². The molecule has 1 aliphatic heterocycles. The van der Waals surface area contributed by atoms with Crippen LogP contribution in [0.3, 0.4) is 0 Å². The topological polar surface area (TPSA) is 89.2 Å². The smallest absolute Gasteiger partial charge is 0.243 e. The first-order valence-corrected chi connectivity index (χ1v) is 10.7. The molecule has 146 valence electrons. The summed E-state index contributed by atoms with van der Waals surface area (Å²) in [6, 6.07) is 8.93. The van der Waals surface area contributed by atoms with Crippen LogP contribution < -0.4 is 0 Å². The first kappa shape index (κ1) is 18.8. The van der Waals surface area contributed by atoms with Crippen molar-refractivity contribution >= 4 is 10.0 Å². The van der Waals surface area contributed by atoms with Gasteiger partial charge in [-0.05, 0) is 62.1 Å². The summed E-state index contributed by atoms with van der Waals surface area (Å²) in [5.41, 5.74) is 2.81. The van der Waals surface area contributed by atoms with E-state index in [4.69, 9.17) is 4.52 Å². The van der Waals surface area contributed by atoms with Crippen molar-refractivity contribution < 1.29 is 12.9 Å². The second-order valence-corrected chi connectivity index (χ2v) is 9.08. The van der Waals surface area contributed by atoms with Crippen molar-refractivity contribution in [3.8, 4) is 11.4 Å². The van der Waals surface area contributed by atoms with Crippen molar-refractivity contribution in [1.82, 2.24) is 19.4 Å². The first-order valence-electron chi connectivity index (χ1n) is 9.26. The summed E-state index contributed by atoms with van der Waals surface area (Å²) in [6.45, 7) is 4.73. The van der Waals surface area contributed by atoms with Crippen LogP contribution in [0.25, 0.3) is 11.4 Å². The zero-order chi connectivity index (χ0) is 19.7. The van der Waals surface area contributed by atoms with E-state index >= 15 is 0 Å². The molecule has 1 saturated heterocycles.